The minimum atomic E-state index is -0.206. The number of amides is 1. The van der Waals surface area contributed by atoms with Gasteiger partial charge in [-0.3, -0.25) is 14.7 Å². The molecule has 0 radical (unpaired) electrons. The molecule has 6 nitrogen and oxygen atoms in total. The van der Waals surface area contributed by atoms with Crippen LogP contribution < -0.4 is 10.2 Å². The zero-order valence-corrected chi connectivity index (χ0v) is 19.5. The maximum atomic E-state index is 13.2. The van der Waals surface area contributed by atoms with E-state index in [1.54, 1.807) is 12.4 Å². The van der Waals surface area contributed by atoms with Crippen molar-refractivity contribution in [3.8, 4) is 11.3 Å². The molecular formula is C28H28FN5O. The van der Waals surface area contributed by atoms with Crippen LogP contribution in [0.25, 0.3) is 22.2 Å². The molecule has 0 spiro atoms. The van der Waals surface area contributed by atoms with Crippen molar-refractivity contribution in [2.75, 3.05) is 44.2 Å². The van der Waals surface area contributed by atoms with Gasteiger partial charge in [-0.25, -0.2) is 9.37 Å². The van der Waals surface area contributed by atoms with E-state index in [4.69, 9.17) is 4.98 Å². The number of nitrogens with zero attached hydrogens (tertiary/aromatic N) is 4. The molecule has 5 rings (SSSR count). The largest absolute Gasteiger partial charge is 0.369 e. The van der Waals surface area contributed by atoms with Crippen LogP contribution in [0.2, 0.25) is 0 Å². The molecule has 0 saturated carbocycles. The number of carbonyl (C=O) groups excluding carboxylic acids is 1. The van der Waals surface area contributed by atoms with Crippen LogP contribution in [-0.2, 0) is 0 Å². The second-order valence-electron chi connectivity index (χ2n) is 8.73. The Balaban J connectivity index is 1.16. The zero-order chi connectivity index (χ0) is 24.0. The van der Waals surface area contributed by atoms with Crippen LogP contribution in [0, 0.1) is 5.82 Å². The first-order valence-corrected chi connectivity index (χ1v) is 12.0. The second-order valence-corrected chi connectivity index (χ2v) is 8.73. The number of hydrogen-bond donors (Lipinski definition) is 1. The van der Waals surface area contributed by atoms with Gasteiger partial charge in [0.2, 0.25) is 0 Å². The first-order valence-electron chi connectivity index (χ1n) is 12.0. The number of halogens is 1. The van der Waals surface area contributed by atoms with E-state index >= 15 is 0 Å². The van der Waals surface area contributed by atoms with Gasteiger partial charge in [0.1, 0.15) is 5.82 Å². The van der Waals surface area contributed by atoms with Crippen molar-refractivity contribution in [2.45, 2.75) is 6.42 Å². The summed E-state index contributed by atoms with van der Waals surface area (Å²) in [6.45, 7) is 5.27. The Bertz CT molecular complexity index is 1290. The third kappa shape index (κ3) is 5.46. The normalized spacial score (nSPS) is 14.3. The molecule has 0 unspecified atom stereocenters. The number of para-hydroxylation sites is 1. The van der Waals surface area contributed by atoms with Crippen molar-refractivity contribution in [3.63, 3.8) is 0 Å². The fourth-order valence-electron chi connectivity index (χ4n) is 4.51. The standard InChI is InChI=1S/C28H28FN5O/c29-22-8-10-23(11-9-22)34-17-15-33(16-18-34)14-4-13-31-28(35)25-19-27(21-5-3-12-30-20-21)32-26-7-2-1-6-24(25)26/h1-3,5-12,19-20H,4,13-18H2,(H,31,35). The first-order chi connectivity index (χ1) is 17.2. The van der Waals surface area contributed by atoms with Crippen molar-refractivity contribution in [3.05, 3.63) is 90.5 Å². The number of rotatable bonds is 7. The number of aromatic nitrogens is 2. The van der Waals surface area contributed by atoms with Crippen LogP contribution in [0.5, 0.6) is 0 Å². The Hall–Kier alpha value is -3.84. The average Bonchev–Trinajstić information content (AvgIpc) is 2.91. The van der Waals surface area contributed by atoms with E-state index in [0.717, 1.165) is 67.0 Å². The SMILES string of the molecule is O=C(NCCCN1CCN(c2ccc(F)cc2)CC1)c1cc(-c2cccnc2)nc2ccccc12. The van der Waals surface area contributed by atoms with Crippen molar-refractivity contribution < 1.29 is 9.18 Å². The minimum absolute atomic E-state index is 0.0881. The first kappa shape index (κ1) is 22.9. The molecule has 1 amide bonds. The number of carbonyl (C=O) groups is 1. The fraction of sp³-hybridized carbons (Fsp3) is 0.250. The summed E-state index contributed by atoms with van der Waals surface area (Å²) in [7, 11) is 0. The van der Waals surface area contributed by atoms with E-state index < -0.39 is 0 Å². The number of fused-ring (bicyclic) bond motifs is 1. The number of anilines is 1. The van der Waals surface area contributed by atoms with Gasteiger partial charge in [0.25, 0.3) is 5.91 Å². The van der Waals surface area contributed by atoms with E-state index in [1.807, 2.05) is 54.6 Å². The van der Waals surface area contributed by atoms with E-state index in [2.05, 4.69) is 20.1 Å². The highest BCUT2D eigenvalue weighted by Gasteiger charge is 2.17. The Kier molecular flexibility index (Phi) is 6.95. The topological polar surface area (TPSA) is 61.4 Å². The lowest BCUT2D eigenvalue weighted by Gasteiger charge is -2.36. The summed E-state index contributed by atoms with van der Waals surface area (Å²) in [4.78, 5) is 26.7. The van der Waals surface area contributed by atoms with Gasteiger partial charge >= 0.3 is 0 Å². The smallest absolute Gasteiger partial charge is 0.252 e. The molecule has 178 valence electrons. The molecule has 1 saturated heterocycles. The third-order valence-corrected chi connectivity index (χ3v) is 6.42. The van der Waals surface area contributed by atoms with Crippen molar-refractivity contribution in [1.29, 1.82) is 0 Å². The van der Waals surface area contributed by atoms with Crippen molar-refractivity contribution in [1.82, 2.24) is 20.2 Å². The third-order valence-electron chi connectivity index (χ3n) is 6.42. The number of piperazine rings is 1. The molecule has 0 atom stereocenters. The number of benzene rings is 2. The second kappa shape index (κ2) is 10.6. The summed E-state index contributed by atoms with van der Waals surface area (Å²) in [6, 6.07) is 20.1. The summed E-state index contributed by atoms with van der Waals surface area (Å²) < 4.78 is 13.2. The van der Waals surface area contributed by atoms with Crippen LogP contribution in [-0.4, -0.2) is 60.0 Å². The summed E-state index contributed by atoms with van der Waals surface area (Å²) in [6.07, 6.45) is 4.36. The highest BCUT2D eigenvalue weighted by Crippen LogP contribution is 2.24. The lowest BCUT2D eigenvalue weighted by atomic mass is 10.0. The maximum absolute atomic E-state index is 13.2. The predicted molar refractivity (Wildman–Crippen MR) is 137 cm³/mol. The van der Waals surface area contributed by atoms with Gasteiger partial charge in [0, 0.05) is 61.8 Å². The monoisotopic (exact) mass is 469 g/mol. The van der Waals surface area contributed by atoms with Gasteiger partial charge in [-0.2, -0.15) is 0 Å². The van der Waals surface area contributed by atoms with E-state index in [9.17, 15) is 9.18 Å². The van der Waals surface area contributed by atoms with Gasteiger partial charge in [-0.05, 0) is 61.5 Å². The molecule has 1 aliphatic heterocycles. The average molecular weight is 470 g/mol. The number of pyridine rings is 2. The summed E-state index contributed by atoms with van der Waals surface area (Å²) in [5.41, 5.74) is 4.10. The van der Waals surface area contributed by atoms with Gasteiger partial charge in [0.05, 0.1) is 16.8 Å². The van der Waals surface area contributed by atoms with E-state index in [1.165, 1.54) is 12.1 Å². The molecule has 4 aromatic rings. The molecule has 2 aromatic heterocycles. The highest BCUT2D eigenvalue weighted by atomic mass is 19.1. The molecule has 3 heterocycles. The lowest BCUT2D eigenvalue weighted by molar-refractivity contribution is 0.0953. The molecule has 35 heavy (non-hydrogen) atoms. The summed E-state index contributed by atoms with van der Waals surface area (Å²) >= 11 is 0. The molecular weight excluding hydrogens is 441 g/mol. The Morgan fingerprint density at radius 1 is 0.971 bits per heavy atom. The van der Waals surface area contributed by atoms with Gasteiger partial charge in [-0.15, -0.1) is 0 Å². The van der Waals surface area contributed by atoms with Crippen LogP contribution in [0.1, 0.15) is 16.8 Å². The van der Waals surface area contributed by atoms with Crippen LogP contribution in [0.15, 0.2) is 79.1 Å². The highest BCUT2D eigenvalue weighted by molar-refractivity contribution is 6.07. The van der Waals surface area contributed by atoms with Gasteiger partial charge < -0.3 is 10.2 Å². The van der Waals surface area contributed by atoms with Crippen LogP contribution in [0.3, 0.4) is 0 Å². The molecule has 7 heteroatoms. The molecule has 1 fully saturated rings. The molecule has 1 N–H and O–H groups in total. The van der Waals surface area contributed by atoms with Gasteiger partial charge in [0.15, 0.2) is 0 Å². The zero-order valence-electron chi connectivity index (χ0n) is 19.5. The van der Waals surface area contributed by atoms with E-state index in [0.29, 0.717) is 12.1 Å². The van der Waals surface area contributed by atoms with Gasteiger partial charge in [-0.1, -0.05) is 18.2 Å². The van der Waals surface area contributed by atoms with Crippen molar-refractivity contribution in [2.24, 2.45) is 0 Å². The molecule has 2 aromatic carbocycles. The summed E-state index contributed by atoms with van der Waals surface area (Å²) in [5.74, 6) is -0.294. The Morgan fingerprint density at radius 3 is 2.54 bits per heavy atom. The Labute approximate surface area is 204 Å². The molecule has 1 aliphatic rings. The Morgan fingerprint density at radius 2 is 1.77 bits per heavy atom. The lowest BCUT2D eigenvalue weighted by Crippen LogP contribution is -2.47. The minimum Gasteiger partial charge on any atom is -0.369 e. The summed E-state index contributed by atoms with van der Waals surface area (Å²) in [5, 5.41) is 3.94. The number of hydrogen-bond acceptors (Lipinski definition) is 5. The quantitative estimate of drug-likeness (QED) is 0.407. The molecule has 0 bridgehead atoms. The van der Waals surface area contributed by atoms with Crippen LogP contribution in [0.4, 0.5) is 10.1 Å². The van der Waals surface area contributed by atoms with Crippen molar-refractivity contribution >= 4 is 22.5 Å². The van der Waals surface area contributed by atoms with E-state index in [-0.39, 0.29) is 11.7 Å². The predicted octanol–water partition coefficient (Wildman–Crippen LogP) is 4.38. The maximum Gasteiger partial charge on any atom is 0.252 e. The van der Waals surface area contributed by atoms with Crippen LogP contribution >= 0.6 is 0 Å². The molecule has 0 aliphatic carbocycles. The number of nitrogens with one attached hydrogen (secondary N) is 1. The fourth-order valence-corrected chi connectivity index (χ4v) is 4.51.